The van der Waals surface area contributed by atoms with Gasteiger partial charge in [0, 0.05) is 5.02 Å². The third-order valence-corrected chi connectivity index (χ3v) is 3.79. The molecular formula is C11H14ClNO4S. The van der Waals surface area contributed by atoms with Crippen molar-refractivity contribution in [2.24, 2.45) is 0 Å². The zero-order valence-corrected chi connectivity index (χ0v) is 11.8. The highest BCUT2D eigenvalue weighted by Crippen LogP contribution is 2.24. The van der Waals surface area contributed by atoms with Crippen LogP contribution in [0.5, 0.6) is 0 Å². The molecule has 0 saturated heterocycles. The number of rotatable bonds is 4. The van der Waals surface area contributed by atoms with E-state index in [0.717, 1.165) is 10.6 Å². The Bertz CT molecular complexity index is 544. The summed E-state index contributed by atoms with van der Waals surface area (Å²) >= 11 is 5.82. The Labute approximate surface area is 111 Å². The number of esters is 1. The van der Waals surface area contributed by atoms with Crippen molar-refractivity contribution >= 4 is 33.3 Å². The van der Waals surface area contributed by atoms with Crippen LogP contribution < -0.4 is 4.31 Å². The number of ether oxygens (including phenoxy) is 1. The molecular weight excluding hydrogens is 278 g/mol. The van der Waals surface area contributed by atoms with Gasteiger partial charge in [0.15, 0.2) is 0 Å². The van der Waals surface area contributed by atoms with Gasteiger partial charge < -0.3 is 4.74 Å². The second kappa shape index (κ2) is 5.58. The van der Waals surface area contributed by atoms with Gasteiger partial charge in [0.05, 0.1) is 19.1 Å². The average Bonchev–Trinajstić information content (AvgIpc) is 2.26. The Balaban J connectivity index is 3.27. The van der Waals surface area contributed by atoms with E-state index >= 15 is 0 Å². The summed E-state index contributed by atoms with van der Waals surface area (Å²) in [6.07, 6.45) is 1.02. The topological polar surface area (TPSA) is 63.7 Å². The highest BCUT2D eigenvalue weighted by atomic mass is 35.5. The quantitative estimate of drug-likeness (QED) is 0.792. The highest BCUT2D eigenvalue weighted by Gasteiger charge is 2.29. The highest BCUT2D eigenvalue weighted by molar-refractivity contribution is 7.92. The Morgan fingerprint density at radius 3 is 2.50 bits per heavy atom. The SMILES string of the molecule is COC(=O)[C@H](C)N(c1cccc(Cl)c1)S(C)(=O)=O. The molecule has 7 heteroatoms. The molecule has 0 aliphatic carbocycles. The van der Waals surface area contributed by atoms with Crippen molar-refractivity contribution in [1.29, 1.82) is 0 Å². The second-order valence-electron chi connectivity index (χ2n) is 3.74. The summed E-state index contributed by atoms with van der Waals surface area (Å²) in [5.41, 5.74) is 0.322. The molecule has 0 unspecified atom stereocenters. The lowest BCUT2D eigenvalue weighted by Gasteiger charge is -2.27. The van der Waals surface area contributed by atoms with E-state index in [-0.39, 0.29) is 0 Å². The van der Waals surface area contributed by atoms with Crippen LogP contribution in [-0.4, -0.2) is 33.8 Å². The molecule has 1 aromatic carbocycles. The van der Waals surface area contributed by atoms with Crippen molar-refractivity contribution in [2.45, 2.75) is 13.0 Å². The first-order valence-electron chi connectivity index (χ1n) is 5.10. The van der Waals surface area contributed by atoms with Crippen molar-refractivity contribution in [2.75, 3.05) is 17.7 Å². The zero-order chi connectivity index (χ0) is 13.9. The summed E-state index contributed by atoms with van der Waals surface area (Å²) in [6.45, 7) is 1.45. The van der Waals surface area contributed by atoms with Crippen LogP contribution in [-0.2, 0) is 19.6 Å². The molecule has 0 aromatic heterocycles. The molecule has 0 bridgehead atoms. The molecule has 0 aliphatic rings. The minimum absolute atomic E-state index is 0.322. The number of hydrogen-bond acceptors (Lipinski definition) is 4. The minimum atomic E-state index is -3.62. The standard InChI is InChI=1S/C11H14ClNO4S/c1-8(11(14)17-2)13(18(3,15)16)10-6-4-5-9(12)7-10/h4-8H,1-3H3/t8-/m0/s1. The van der Waals surface area contributed by atoms with Crippen LogP contribution in [0, 0.1) is 0 Å². The lowest BCUT2D eigenvalue weighted by atomic mass is 10.2. The van der Waals surface area contributed by atoms with Gasteiger partial charge >= 0.3 is 5.97 Å². The van der Waals surface area contributed by atoms with Crippen LogP contribution in [0.1, 0.15) is 6.92 Å². The summed E-state index contributed by atoms with van der Waals surface area (Å²) < 4.78 is 29.1. The second-order valence-corrected chi connectivity index (χ2v) is 6.03. The average molecular weight is 292 g/mol. The van der Waals surface area contributed by atoms with Gasteiger partial charge in [-0.2, -0.15) is 0 Å². The van der Waals surface area contributed by atoms with Crippen LogP contribution in [0.3, 0.4) is 0 Å². The first kappa shape index (κ1) is 14.8. The maximum absolute atomic E-state index is 11.8. The molecule has 0 radical (unpaired) electrons. The lowest BCUT2D eigenvalue weighted by Crippen LogP contribution is -2.43. The molecule has 0 heterocycles. The van der Waals surface area contributed by atoms with E-state index in [1.54, 1.807) is 18.2 Å². The predicted molar refractivity (Wildman–Crippen MR) is 70.3 cm³/mol. The van der Waals surface area contributed by atoms with Gasteiger partial charge in [-0.1, -0.05) is 17.7 Å². The number of anilines is 1. The van der Waals surface area contributed by atoms with Gasteiger partial charge in [-0.25, -0.2) is 13.2 Å². The van der Waals surface area contributed by atoms with Crippen LogP contribution in [0.15, 0.2) is 24.3 Å². The monoisotopic (exact) mass is 291 g/mol. The molecule has 1 atom stereocenters. The first-order chi connectivity index (χ1) is 8.27. The Hall–Kier alpha value is -1.27. The van der Waals surface area contributed by atoms with Crippen LogP contribution in [0.4, 0.5) is 5.69 Å². The largest absolute Gasteiger partial charge is 0.467 e. The van der Waals surface area contributed by atoms with Crippen molar-refractivity contribution in [3.8, 4) is 0 Å². The summed E-state index contributed by atoms with van der Waals surface area (Å²) in [5, 5.41) is 0.387. The van der Waals surface area contributed by atoms with Gasteiger partial charge in [0.25, 0.3) is 0 Å². The molecule has 0 aliphatic heterocycles. The van der Waals surface area contributed by atoms with E-state index in [2.05, 4.69) is 4.74 Å². The molecule has 0 fully saturated rings. The maximum Gasteiger partial charge on any atom is 0.329 e. The number of carbonyl (C=O) groups is 1. The summed E-state index contributed by atoms with van der Waals surface area (Å²) in [6, 6.07) is 5.31. The number of halogens is 1. The maximum atomic E-state index is 11.8. The van der Waals surface area contributed by atoms with E-state index in [0.29, 0.717) is 10.7 Å². The van der Waals surface area contributed by atoms with Gasteiger partial charge in [-0.3, -0.25) is 4.31 Å². The van der Waals surface area contributed by atoms with Crippen LogP contribution >= 0.6 is 11.6 Å². The molecule has 18 heavy (non-hydrogen) atoms. The normalized spacial score (nSPS) is 12.9. The third kappa shape index (κ3) is 3.36. The van der Waals surface area contributed by atoms with Crippen LogP contribution in [0.2, 0.25) is 5.02 Å². The molecule has 1 aromatic rings. The minimum Gasteiger partial charge on any atom is -0.467 e. The van der Waals surface area contributed by atoms with E-state index in [1.807, 2.05) is 0 Å². The van der Waals surface area contributed by atoms with Crippen molar-refractivity contribution in [1.82, 2.24) is 0 Å². The molecule has 5 nitrogen and oxygen atoms in total. The number of carbonyl (C=O) groups excluding carboxylic acids is 1. The molecule has 0 saturated carbocycles. The zero-order valence-electron chi connectivity index (χ0n) is 10.3. The number of sulfonamides is 1. The van der Waals surface area contributed by atoms with Crippen molar-refractivity contribution in [3.05, 3.63) is 29.3 Å². The first-order valence-corrected chi connectivity index (χ1v) is 7.33. The number of methoxy groups -OCH3 is 1. The van der Waals surface area contributed by atoms with E-state index in [4.69, 9.17) is 11.6 Å². The fraction of sp³-hybridized carbons (Fsp3) is 0.364. The Morgan fingerprint density at radius 2 is 2.06 bits per heavy atom. The number of hydrogen-bond donors (Lipinski definition) is 0. The molecule has 1 rings (SSSR count). The summed E-state index contributed by atoms with van der Waals surface area (Å²) in [7, 11) is -2.41. The van der Waals surface area contributed by atoms with Gasteiger partial charge in [0.2, 0.25) is 10.0 Å². The van der Waals surface area contributed by atoms with Gasteiger partial charge in [0.1, 0.15) is 6.04 Å². The van der Waals surface area contributed by atoms with E-state index < -0.39 is 22.0 Å². The van der Waals surface area contributed by atoms with E-state index in [9.17, 15) is 13.2 Å². The third-order valence-electron chi connectivity index (χ3n) is 2.31. The predicted octanol–water partition coefficient (Wildman–Crippen LogP) is 1.67. The van der Waals surface area contributed by atoms with Crippen molar-refractivity contribution in [3.63, 3.8) is 0 Å². The lowest BCUT2D eigenvalue weighted by molar-refractivity contribution is -0.141. The summed E-state index contributed by atoms with van der Waals surface area (Å²) in [5.74, 6) is -0.639. The van der Waals surface area contributed by atoms with E-state index in [1.165, 1.54) is 20.1 Å². The number of benzene rings is 1. The fourth-order valence-corrected chi connectivity index (χ4v) is 2.92. The summed E-state index contributed by atoms with van der Waals surface area (Å²) in [4.78, 5) is 11.5. The fourth-order valence-electron chi connectivity index (χ4n) is 1.58. The molecule has 0 N–H and O–H groups in total. The number of nitrogens with zero attached hydrogens (tertiary/aromatic N) is 1. The van der Waals surface area contributed by atoms with Crippen molar-refractivity contribution < 1.29 is 17.9 Å². The smallest absolute Gasteiger partial charge is 0.329 e. The molecule has 0 amide bonds. The van der Waals surface area contributed by atoms with Crippen LogP contribution in [0.25, 0.3) is 0 Å². The molecule has 0 spiro atoms. The van der Waals surface area contributed by atoms with Gasteiger partial charge in [-0.15, -0.1) is 0 Å². The molecule has 100 valence electrons. The Morgan fingerprint density at radius 1 is 1.44 bits per heavy atom. The van der Waals surface area contributed by atoms with Gasteiger partial charge in [-0.05, 0) is 25.1 Å². The Kier molecular flexibility index (Phi) is 4.59.